The van der Waals surface area contributed by atoms with Gasteiger partial charge in [0, 0.05) is 11.6 Å². The molecule has 0 radical (unpaired) electrons. The number of ether oxygens (including phenoxy) is 3. The minimum atomic E-state index is -1.14. The standard InChI is InChI=1S/C18H16N2O5/c21-18(22)19-12-5-6-15-13(7-12)17(24-10-11-8-23-9-11)20-14-3-1-2-4-16(14)25-15/h1-7,11,19H,8-10H2,(H,21,22). The van der Waals surface area contributed by atoms with E-state index >= 15 is 0 Å². The topological polar surface area (TPSA) is 89.4 Å². The molecule has 2 aromatic carbocycles. The van der Waals surface area contributed by atoms with Crippen LogP contribution in [0.25, 0.3) is 0 Å². The molecule has 0 bridgehead atoms. The summed E-state index contributed by atoms with van der Waals surface area (Å²) in [6.07, 6.45) is -1.14. The molecular formula is C18H16N2O5. The number of carbonyl (C=O) groups is 1. The van der Waals surface area contributed by atoms with E-state index in [9.17, 15) is 4.79 Å². The van der Waals surface area contributed by atoms with Gasteiger partial charge in [-0.05, 0) is 30.3 Å². The first-order valence-electron chi connectivity index (χ1n) is 7.89. The van der Waals surface area contributed by atoms with Gasteiger partial charge in [-0.2, -0.15) is 0 Å². The first kappa shape index (κ1) is 15.5. The van der Waals surface area contributed by atoms with Gasteiger partial charge in [-0.15, -0.1) is 0 Å². The van der Waals surface area contributed by atoms with Crippen molar-refractivity contribution in [2.75, 3.05) is 25.1 Å². The third kappa shape index (κ3) is 3.27. The maximum Gasteiger partial charge on any atom is 0.409 e. The van der Waals surface area contributed by atoms with Gasteiger partial charge in [0.1, 0.15) is 11.4 Å². The first-order chi connectivity index (χ1) is 12.2. The molecule has 2 aliphatic rings. The molecule has 1 fully saturated rings. The number of benzene rings is 2. The number of para-hydroxylation sites is 2. The first-order valence-corrected chi connectivity index (χ1v) is 7.89. The summed E-state index contributed by atoms with van der Waals surface area (Å²) >= 11 is 0. The number of nitrogens with one attached hydrogen (secondary N) is 1. The van der Waals surface area contributed by atoms with Crippen molar-refractivity contribution in [1.82, 2.24) is 0 Å². The van der Waals surface area contributed by atoms with E-state index in [1.165, 1.54) is 0 Å². The molecule has 25 heavy (non-hydrogen) atoms. The van der Waals surface area contributed by atoms with E-state index in [0.29, 0.717) is 60.1 Å². The number of amides is 1. The van der Waals surface area contributed by atoms with Gasteiger partial charge in [0.2, 0.25) is 5.90 Å². The molecule has 2 aliphatic heterocycles. The minimum absolute atomic E-state index is 0.339. The fourth-order valence-electron chi connectivity index (χ4n) is 2.60. The predicted octanol–water partition coefficient (Wildman–Crippen LogP) is 3.62. The highest BCUT2D eigenvalue weighted by molar-refractivity contribution is 6.01. The lowest BCUT2D eigenvalue weighted by molar-refractivity contribution is -0.0527. The number of hydrogen-bond acceptors (Lipinski definition) is 5. The largest absolute Gasteiger partial charge is 0.477 e. The summed E-state index contributed by atoms with van der Waals surface area (Å²) in [4.78, 5) is 15.5. The highest BCUT2D eigenvalue weighted by Crippen LogP contribution is 2.38. The zero-order valence-electron chi connectivity index (χ0n) is 13.3. The molecule has 0 saturated carbocycles. The second kappa shape index (κ2) is 6.45. The van der Waals surface area contributed by atoms with Gasteiger partial charge in [0.25, 0.3) is 0 Å². The number of aliphatic imine (C=N–C) groups is 1. The summed E-state index contributed by atoms with van der Waals surface area (Å²) < 4.78 is 17.0. The Hall–Kier alpha value is -3.06. The van der Waals surface area contributed by atoms with Crippen molar-refractivity contribution in [3.63, 3.8) is 0 Å². The lowest BCUT2D eigenvalue weighted by Gasteiger charge is -2.26. The van der Waals surface area contributed by atoms with Gasteiger partial charge in [-0.1, -0.05) is 12.1 Å². The van der Waals surface area contributed by atoms with Crippen molar-refractivity contribution < 1.29 is 24.1 Å². The molecule has 2 heterocycles. The minimum Gasteiger partial charge on any atom is -0.477 e. The summed E-state index contributed by atoms with van der Waals surface area (Å²) in [6, 6.07) is 12.4. The average Bonchev–Trinajstić information content (AvgIpc) is 2.69. The quantitative estimate of drug-likeness (QED) is 0.891. The van der Waals surface area contributed by atoms with Crippen molar-refractivity contribution in [3.05, 3.63) is 48.0 Å². The number of rotatable bonds is 3. The van der Waals surface area contributed by atoms with E-state index < -0.39 is 6.09 Å². The summed E-state index contributed by atoms with van der Waals surface area (Å²) in [5, 5.41) is 11.3. The lowest BCUT2D eigenvalue weighted by atomic mass is 10.1. The van der Waals surface area contributed by atoms with Crippen LogP contribution in [0.4, 0.5) is 16.2 Å². The summed E-state index contributed by atoms with van der Waals surface area (Å²) in [6.45, 7) is 1.83. The van der Waals surface area contributed by atoms with Crippen LogP contribution in [-0.2, 0) is 9.47 Å². The van der Waals surface area contributed by atoms with Crippen LogP contribution >= 0.6 is 0 Å². The van der Waals surface area contributed by atoms with Crippen molar-refractivity contribution in [2.24, 2.45) is 10.9 Å². The van der Waals surface area contributed by atoms with Crippen LogP contribution in [0.1, 0.15) is 5.56 Å². The molecule has 4 rings (SSSR count). The van der Waals surface area contributed by atoms with Gasteiger partial charge >= 0.3 is 6.09 Å². The monoisotopic (exact) mass is 340 g/mol. The van der Waals surface area contributed by atoms with Crippen LogP contribution in [0.2, 0.25) is 0 Å². The molecule has 0 aromatic heterocycles. The summed E-state index contributed by atoms with van der Waals surface area (Å²) in [7, 11) is 0. The second-order valence-electron chi connectivity index (χ2n) is 5.84. The third-order valence-corrected chi connectivity index (χ3v) is 3.93. The Labute approximate surface area is 143 Å². The zero-order chi connectivity index (χ0) is 17.2. The fourth-order valence-corrected chi connectivity index (χ4v) is 2.60. The average molecular weight is 340 g/mol. The molecule has 2 aromatic rings. The van der Waals surface area contributed by atoms with Crippen molar-refractivity contribution in [3.8, 4) is 11.5 Å². The van der Waals surface area contributed by atoms with E-state index in [0.717, 1.165) is 0 Å². The van der Waals surface area contributed by atoms with E-state index in [1.54, 1.807) is 18.2 Å². The third-order valence-electron chi connectivity index (χ3n) is 3.93. The molecule has 0 atom stereocenters. The Balaban J connectivity index is 1.72. The Bertz CT molecular complexity index is 845. The summed E-state index contributed by atoms with van der Waals surface area (Å²) in [5.74, 6) is 1.92. The Kier molecular flexibility index (Phi) is 3.99. The number of nitrogens with zero attached hydrogens (tertiary/aromatic N) is 1. The number of carboxylic acid groups (broad SMARTS) is 1. The molecular weight excluding hydrogens is 324 g/mol. The number of anilines is 1. The second-order valence-corrected chi connectivity index (χ2v) is 5.84. The van der Waals surface area contributed by atoms with Gasteiger partial charge in [0.05, 0.1) is 25.4 Å². The molecule has 0 spiro atoms. The summed E-state index contributed by atoms with van der Waals surface area (Å²) in [5.41, 5.74) is 1.68. The molecule has 7 heteroatoms. The Morgan fingerprint density at radius 2 is 2.08 bits per heavy atom. The lowest BCUT2D eigenvalue weighted by Crippen LogP contribution is -2.32. The predicted molar refractivity (Wildman–Crippen MR) is 91.1 cm³/mol. The van der Waals surface area contributed by atoms with Gasteiger partial charge in [-0.3, -0.25) is 5.32 Å². The highest BCUT2D eigenvalue weighted by Gasteiger charge is 2.24. The van der Waals surface area contributed by atoms with Crippen LogP contribution in [0.15, 0.2) is 47.5 Å². The van der Waals surface area contributed by atoms with E-state index in [4.69, 9.17) is 19.3 Å². The van der Waals surface area contributed by atoms with Gasteiger partial charge < -0.3 is 19.3 Å². The number of hydrogen-bond donors (Lipinski definition) is 2. The van der Waals surface area contributed by atoms with Gasteiger partial charge in [-0.25, -0.2) is 9.79 Å². The normalized spacial score (nSPS) is 15.6. The van der Waals surface area contributed by atoms with E-state index in [2.05, 4.69) is 10.3 Å². The maximum atomic E-state index is 10.9. The van der Waals surface area contributed by atoms with Crippen LogP contribution in [-0.4, -0.2) is 36.9 Å². The molecule has 2 N–H and O–H groups in total. The maximum absolute atomic E-state index is 10.9. The zero-order valence-corrected chi connectivity index (χ0v) is 13.3. The molecule has 0 unspecified atom stereocenters. The van der Waals surface area contributed by atoms with E-state index in [1.807, 2.05) is 24.3 Å². The highest BCUT2D eigenvalue weighted by atomic mass is 16.5. The van der Waals surface area contributed by atoms with Crippen molar-refractivity contribution in [2.45, 2.75) is 0 Å². The Morgan fingerprint density at radius 3 is 2.84 bits per heavy atom. The SMILES string of the molecule is O=C(O)Nc1ccc2c(c1)C(OCC1COC1)=Nc1ccccc1O2. The molecule has 0 aliphatic carbocycles. The molecule has 1 amide bonds. The van der Waals surface area contributed by atoms with E-state index in [-0.39, 0.29) is 0 Å². The smallest absolute Gasteiger partial charge is 0.409 e. The van der Waals surface area contributed by atoms with Crippen LogP contribution in [0, 0.1) is 5.92 Å². The fraction of sp³-hybridized carbons (Fsp3) is 0.222. The molecule has 128 valence electrons. The van der Waals surface area contributed by atoms with Crippen molar-refractivity contribution in [1.29, 1.82) is 0 Å². The molecule has 1 saturated heterocycles. The van der Waals surface area contributed by atoms with Crippen molar-refractivity contribution >= 4 is 23.4 Å². The van der Waals surface area contributed by atoms with Gasteiger partial charge in [0.15, 0.2) is 5.75 Å². The van der Waals surface area contributed by atoms with Crippen LogP contribution in [0.5, 0.6) is 11.5 Å². The van der Waals surface area contributed by atoms with Crippen LogP contribution in [0.3, 0.4) is 0 Å². The molecule has 7 nitrogen and oxygen atoms in total. The van der Waals surface area contributed by atoms with Crippen LogP contribution < -0.4 is 10.1 Å². The number of fused-ring (bicyclic) bond motifs is 2. The Morgan fingerprint density at radius 1 is 1.24 bits per heavy atom.